The lowest BCUT2D eigenvalue weighted by molar-refractivity contribution is 0.573. The van der Waals surface area contributed by atoms with Crippen LogP contribution in [0.15, 0.2) is 60.1 Å². The molecular formula is C21H21N3S2. The zero-order valence-corrected chi connectivity index (χ0v) is 16.5. The predicted octanol–water partition coefficient (Wildman–Crippen LogP) is 5.19. The Bertz CT molecular complexity index is 903. The van der Waals surface area contributed by atoms with E-state index in [0.29, 0.717) is 0 Å². The number of pyridine rings is 1. The summed E-state index contributed by atoms with van der Waals surface area (Å²) in [5.74, 6) is 0. The summed E-state index contributed by atoms with van der Waals surface area (Å²) in [5.41, 5.74) is 4.76. The van der Waals surface area contributed by atoms with E-state index in [2.05, 4.69) is 70.8 Å². The highest BCUT2D eigenvalue weighted by Crippen LogP contribution is 2.44. The molecule has 3 nitrogen and oxygen atoms in total. The molecule has 1 aliphatic heterocycles. The van der Waals surface area contributed by atoms with Crippen LogP contribution in [0.5, 0.6) is 0 Å². The Kier molecular flexibility index (Phi) is 4.74. The van der Waals surface area contributed by atoms with Crippen LogP contribution in [-0.2, 0) is 6.42 Å². The van der Waals surface area contributed by atoms with Crippen molar-refractivity contribution in [3.8, 4) is 0 Å². The topological polar surface area (TPSA) is 28.2 Å². The monoisotopic (exact) mass is 379 g/mol. The zero-order chi connectivity index (χ0) is 18.1. The van der Waals surface area contributed by atoms with Gasteiger partial charge in [0.1, 0.15) is 0 Å². The van der Waals surface area contributed by atoms with Crippen molar-refractivity contribution in [1.29, 1.82) is 0 Å². The molecule has 0 bridgehead atoms. The molecule has 0 saturated carbocycles. The van der Waals surface area contributed by atoms with Gasteiger partial charge in [0.25, 0.3) is 0 Å². The Labute approximate surface area is 163 Å². The number of aryl methyl sites for hydroxylation is 2. The van der Waals surface area contributed by atoms with E-state index in [4.69, 9.17) is 12.2 Å². The average Bonchev–Trinajstić information content (AvgIpc) is 3.25. The highest BCUT2D eigenvalue weighted by molar-refractivity contribution is 7.80. The highest BCUT2D eigenvalue weighted by atomic mass is 32.1. The molecule has 1 aliphatic rings. The molecule has 2 atom stereocenters. The number of thiophene rings is 1. The third kappa shape index (κ3) is 3.02. The Morgan fingerprint density at radius 2 is 1.96 bits per heavy atom. The van der Waals surface area contributed by atoms with Gasteiger partial charge in [-0.25, -0.2) is 0 Å². The van der Waals surface area contributed by atoms with Gasteiger partial charge in [0.05, 0.1) is 17.8 Å². The first-order chi connectivity index (χ1) is 12.7. The Balaban J connectivity index is 1.81. The lowest BCUT2D eigenvalue weighted by Crippen LogP contribution is -2.29. The van der Waals surface area contributed by atoms with Gasteiger partial charge in [-0.15, -0.1) is 11.3 Å². The zero-order valence-electron chi connectivity index (χ0n) is 14.8. The second-order valence-corrected chi connectivity index (χ2v) is 7.82. The summed E-state index contributed by atoms with van der Waals surface area (Å²) < 4.78 is 0. The molecule has 132 valence electrons. The van der Waals surface area contributed by atoms with Crippen molar-refractivity contribution in [1.82, 2.24) is 10.3 Å². The smallest absolute Gasteiger partial charge is 0.174 e. The van der Waals surface area contributed by atoms with Gasteiger partial charge in [-0.05, 0) is 72.4 Å². The van der Waals surface area contributed by atoms with Crippen LogP contribution < -0.4 is 10.2 Å². The molecule has 0 aliphatic carbocycles. The van der Waals surface area contributed by atoms with E-state index in [1.807, 2.05) is 18.3 Å². The van der Waals surface area contributed by atoms with E-state index < -0.39 is 0 Å². The SMILES string of the molecule is CCc1ccc(N2C(=S)N[C@H](c3ccccn3)[C@H]2c2sccc2C)cc1. The van der Waals surface area contributed by atoms with Crippen LogP contribution >= 0.6 is 23.6 Å². The molecule has 0 radical (unpaired) electrons. The number of nitrogens with zero attached hydrogens (tertiary/aromatic N) is 2. The van der Waals surface area contributed by atoms with E-state index in [0.717, 1.165) is 22.9 Å². The molecule has 0 unspecified atom stereocenters. The maximum Gasteiger partial charge on any atom is 0.174 e. The second kappa shape index (κ2) is 7.17. The minimum absolute atomic E-state index is 0.0342. The number of thiocarbonyl (C=S) groups is 1. The minimum atomic E-state index is 0.0342. The van der Waals surface area contributed by atoms with Gasteiger partial charge >= 0.3 is 0 Å². The fraction of sp³-hybridized carbons (Fsp3) is 0.238. The van der Waals surface area contributed by atoms with E-state index >= 15 is 0 Å². The van der Waals surface area contributed by atoms with Gasteiger partial charge in [-0.2, -0.15) is 0 Å². The van der Waals surface area contributed by atoms with E-state index in [1.165, 1.54) is 16.0 Å². The first kappa shape index (κ1) is 17.2. The minimum Gasteiger partial charge on any atom is -0.351 e. The molecular weight excluding hydrogens is 358 g/mol. The first-order valence-electron chi connectivity index (χ1n) is 8.82. The third-order valence-electron chi connectivity index (χ3n) is 4.89. The quantitative estimate of drug-likeness (QED) is 0.631. The summed E-state index contributed by atoms with van der Waals surface area (Å²) in [6.07, 6.45) is 2.88. The van der Waals surface area contributed by atoms with Gasteiger partial charge < -0.3 is 10.2 Å². The molecule has 5 heteroatoms. The number of hydrogen-bond donors (Lipinski definition) is 1. The van der Waals surface area contributed by atoms with Crippen LogP contribution in [-0.4, -0.2) is 10.1 Å². The molecule has 0 spiro atoms. The summed E-state index contributed by atoms with van der Waals surface area (Å²) in [4.78, 5) is 8.17. The van der Waals surface area contributed by atoms with E-state index in [-0.39, 0.29) is 12.1 Å². The van der Waals surface area contributed by atoms with Crippen LogP contribution in [0.25, 0.3) is 0 Å². The lowest BCUT2D eigenvalue weighted by atomic mass is 10.0. The second-order valence-electron chi connectivity index (χ2n) is 6.48. The highest BCUT2D eigenvalue weighted by Gasteiger charge is 2.41. The van der Waals surface area contributed by atoms with Crippen molar-refractivity contribution >= 4 is 34.4 Å². The van der Waals surface area contributed by atoms with Crippen LogP contribution in [0.3, 0.4) is 0 Å². The molecule has 4 rings (SSSR count). The fourth-order valence-electron chi connectivity index (χ4n) is 3.48. The Morgan fingerprint density at radius 1 is 1.15 bits per heavy atom. The lowest BCUT2D eigenvalue weighted by Gasteiger charge is -2.27. The van der Waals surface area contributed by atoms with Gasteiger partial charge in [0.2, 0.25) is 0 Å². The maximum atomic E-state index is 5.75. The van der Waals surface area contributed by atoms with Gasteiger partial charge in [-0.1, -0.05) is 25.1 Å². The molecule has 1 aromatic carbocycles. The van der Waals surface area contributed by atoms with Crippen LogP contribution in [0.4, 0.5) is 5.69 Å². The summed E-state index contributed by atoms with van der Waals surface area (Å²) in [5, 5.41) is 6.42. The summed E-state index contributed by atoms with van der Waals surface area (Å²) in [6.45, 7) is 4.34. The largest absolute Gasteiger partial charge is 0.351 e. The number of aromatic nitrogens is 1. The number of benzene rings is 1. The molecule has 2 aromatic heterocycles. The van der Waals surface area contributed by atoms with Gasteiger partial charge in [-0.3, -0.25) is 4.98 Å². The van der Waals surface area contributed by atoms with Gasteiger partial charge in [0.15, 0.2) is 5.11 Å². The van der Waals surface area contributed by atoms with Gasteiger partial charge in [0, 0.05) is 16.8 Å². The van der Waals surface area contributed by atoms with Crippen molar-refractivity contribution in [3.63, 3.8) is 0 Å². The van der Waals surface area contributed by atoms with Crippen molar-refractivity contribution in [2.24, 2.45) is 0 Å². The standard InChI is InChI=1S/C21H21N3S2/c1-3-15-7-9-16(10-8-15)24-19(20-14(2)11-13-26-20)18(23-21(24)25)17-6-4-5-12-22-17/h4-13,18-19H,3H2,1-2H3,(H,23,25)/t18-,19+/m1/s1. The molecule has 26 heavy (non-hydrogen) atoms. The van der Waals surface area contributed by atoms with Crippen LogP contribution in [0, 0.1) is 6.92 Å². The number of hydrogen-bond acceptors (Lipinski definition) is 3. The van der Waals surface area contributed by atoms with Crippen molar-refractivity contribution < 1.29 is 0 Å². The van der Waals surface area contributed by atoms with E-state index in [9.17, 15) is 0 Å². The molecule has 3 heterocycles. The first-order valence-corrected chi connectivity index (χ1v) is 10.1. The summed E-state index contributed by atoms with van der Waals surface area (Å²) >= 11 is 7.53. The van der Waals surface area contributed by atoms with Crippen molar-refractivity contribution in [3.05, 3.63) is 81.8 Å². The number of nitrogens with one attached hydrogen (secondary N) is 1. The Hall–Kier alpha value is -2.24. The normalized spacial score (nSPS) is 19.6. The predicted molar refractivity (Wildman–Crippen MR) is 113 cm³/mol. The Morgan fingerprint density at radius 3 is 2.58 bits per heavy atom. The molecule has 1 N–H and O–H groups in total. The summed E-state index contributed by atoms with van der Waals surface area (Å²) in [7, 11) is 0. The molecule has 1 fully saturated rings. The van der Waals surface area contributed by atoms with Crippen molar-refractivity contribution in [2.75, 3.05) is 4.90 Å². The maximum absolute atomic E-state index is 5.75. The fourth-order valence-corrected chi connectivity index (χ4v) is 4.88. The van der Waals surface area contributed by atoms with Crippen LogP contribution in [0.2, 0.25) is 0 Å². The summed E-state index contributed by atoms with van der Waals surface area (Å²) in [6, 6.07) is 17.1. The molecule has 0 amide bonds. The van der Waals surface area contributed by atoms with E-state index in [1.54, 1.807) is 11.3 Å². The van der Waals surface area contributed by atoms with Crippen molar-refractivity contribution in [2.45, 2.75) is 32.4 Å². The molecule has 1 saturated heterocycles. The average molecular weight is 380 g/mol. The molecule has 3 aromatic rings. The third-order valence-corrected chi connectivity index (χ3v) is 6.30. The van der Waals surface area contributed by atoms with Crippen LogP contribution in [0.1, 0.15) is 40.7 Å². The number of anilines is 1. The number of rotatable bonds is 4.